The summed E-state index contributed by atoms with van der Waals surface area (Å²) in [6.07, 6.45) is 3.31. The summed E-state index contributed by atoms with van der Waals surface area (Å²) in [5, 5.41) is 2.28. The van der Waals surface area contributed by atoms with Crippen LogP contribution in [0, 0.1) is 6.85 Å². The van der Waals surface area contributed by atoms with Crippen LogP contribution in [0.2, 0.25) is 0 Å². The van der Waals surface area contributed by atoms with Crippen LogP contribution in [0.5, 0.6) is 11.5 Å². The number of ether oxygens (including phenoxy) is 1. The molecule has 0 amide bonds. The van der Waals surface area contributed by atoms with Gasteiger partial charge in [-0.05, 0) is 141 Å². The zero-order valence-corrected chi connectivity index (χ0v) is 41.7. The first-order chi connectivity index (χ1) is 34.2. The van der Waals surface area contributed by atoms with Gasteiger partial charge in [0.1, 0.15) is 17.3 Å². The van der Waals surface area contributed by atoms with E-state index in [0.29, 0.717) is 18.7 Å². The normalized spacial score (nSPS) is 14.0. The maximum atomic E-state index is 8.62. The van der Waals surface area contributed by atoms with Crippen molar-refractivity contribution in [2.75, 3.05) is 23.0 Å². The Hall–Kier alpha value is -7.11. The van der Waals surface area contributed by atoms with E-state index in [1.807, 2.05) is 18.3 Å². The molecule has 3 heterocycles. The molecule has 0 aliphatic carbocycles. The van der Waals surface area contributed by atoms with Crippen LogP contribution >= 0.6 is 0 Å². The lowest BCUT2D eigenvalue weighted by atomic mass is 9.78. The van der Waals surface area contributed by atoms with Crippen molar-refractivity contribution in [2.24, 2.45) is 0 Å². The Morgan fingerprint density at radius 3 is 1.97 bits per heavy atom. The smallest absolute Gasteiger partial charge is 0.138 e. The van der Waals surface area contributed by atoms with E-state index in [4.69, 9.17) is 13.8 Å². The van der Waals surface area contributed by atoms with Gasteiger partial charge in [0.05, 0.1) is 29.1 Å². The zero-order chi connectivity index (χ0) is 50.7. The number of aryl methyl sites for hydroxylation is 1. The molecule has 1 aliphatic rings. The Bertz CT molecular complexity index is 3420. The van der Waals surface area contributed by atoms with Crippen LogP contribution in [-0.4, -0.2) is 22.8 Å². The van der Waals surface area contributed by atoms with E-state index < -0.39 is 6.85 Å². The highest BCUT2D eigenvalue weighted by atomic mass is 16.5. The predicted molar refractivity (Wildman–Crippen MR) is 292 cm³/mol. The van der Waals surface area contributed by atoms with Gasteiger partial charge in [-0.3, -0.25) is 4.57 Å². The van der Waals surface area contributed by atoms with Crippen LogP contribution in [-0.2, 0) is 22.7 Å². The first kappa shape index (κ1) is 42.0. The second-order valence-corrected chi connectivity index (χ2v) is 21.9. The first-order valence-corrected chi connectivity index (χ1v) is 24.5. The van der Waals surface area contributed by atoms with Crippen LogP contribution in [0.3, 0.4) is 0 Å². The van der Waals surface area contributed by atoms with E-state index in [0.717, 1.165) is 97.0 Å². The molecular formula is C64H66N4O. The second kappa shape index (κ2) is 17.8. The van der Waals surface area contributed by atoms with E-state index >= 15 is 0 Å². The minimum atomic E-state index is -2.24. The summed E-state index contributed by atoms with van der Waals surface area (Å²) in [6.45, 7) is 19.3. The van der Waals surface area contributed by atoms with Gasteiger partial charge in [-0.2, -0.15) is 0 Å². The molecule has 0 saturated carbocycles. The van der Waals surface area contributed by atoms with Crippen molar-refractivity contribution in [1.82, 2.24) is 9.55 Å². The topological polar surface area (TPSA) is 33.5 Å². The molecule has 0 saturated heterocycles. The molecule has 5 nitrogen and oxygen atoms in total. The van der Waals surface area contributed by atoms with Gasteiger partial charge in [0.25, 0.3) is 0 Å². The van der Waals surface area contributed by atoms with Crippen molar-refractivity contribution < 1.29 is 8.85 Å². The third-order valence-electron chi connectivity index (χ3n) is 13.9. The SMILES string of the molecule is [2H]C([2H])([2H])c1cccc(-c2cc(C(C)(C)C)cc(C(C)(C)C)c2)c1CCCN1CN(c2cccc(Oc3ccc4c5ccccc5n(-c5cc(-c6ccc(C(C)(C)C)cc6)ccn5)c4c3)c2)c2ccccc21. The molecule has 9 aromatic rings. The van der Waals surface area contributed by atoms with Crippen molar-refractivity contribution in [1.29, 1.82) is 0 Å². The van der Waals surface area contributed by atoms with E-state index in [9.17, 15) is 0 Å². The molecule has 1 aliphatic heterocycles. The monoisotopic (exact) mass is 910 g/mol. The van der Waals surface area contributed by atoms with Crippen LogP contribution in [0.25, 0.3) is 49.9 Å². The van der Waals surface area contributed by atoms with Gasteiger partial charge in [0, 0.05) is 45.4 Å². The Labute approximate surface area is 414 Å². The van der Waals surface area contributed by atoms with Crippen molar-refractivity contribution in [3.63, 3.8) is 0 Å². The number of anilines is 3. The van der Waals surface area contributed by atoms with Gasteiger partial charge in [-0.15, -0.1) is 0 Å². The number of rotatable bonds is 10. The quantitative estimate of drug-likeness (QED) is 0.137. The fourth-order valence-corrected chi connectivity index (χ4v) is 9.91. The molecule has 0 atom stereocenters. The third-order valence-corrected chi connectivity index (χ3v) is 13.9. The maximum absolute atomic E-state index is 8.62. The molecular weight excluding hydrogens is 841 g/mol. The van der Waals surface area contributed by atoms with Crippen molar-refractivity contribution in [2.45, 2.75) is 98.3 Å². The van der Waals surface area contributed by atoms with Gasteiger partial charge in [-0.1, -0.05) is 159 Å². The lowest BCUT2D eigenvalue weighted by molar-refractivity contribution is 0.483. The summed E-state index contributed by atoms with van der Waals surface area (Å²) in [5.74, 6) is 2.32. The molecule has 2 aromatic heterocycles. The third kappa shape index (κ3) is 9.15. The Balaban J connectivity index is 0.914. The van der Waals surface area contributed by atoms with Crippen LogP contribution < -0.4 is 14.5 Å². The standard InChI is InChI=1S/C64H66N4O/c1-43-18-15-22-54(46-36-48(63(5,6)7)39-49(37-46)64(8,9)10)53(43)23-17-35-66-42-67(59-26-14-13-25-58(59)66)50-19-16-20-51(40-50)69-52-31-32-56-55-21-11-12-24-57(55)68(60(56)41-52)61-38-45(33-34-65-61)44-27-29-47(30-28-44)62(2,3)4/h11-16,18-22,24-34,36-41H,17,23,35,42H2,1-10H3/i1D3. The summed E-state index contributed by atoms with van der Waals surface area (Å²) >= 11 is 0. The van der Waals surface area contributed by atoms with Gasteiger partial charge < -0.3 is 14.5 Å². The Kier molecular flexibility index (Phi) is 10.8. The minimum absolute atomic E-state index is 0.0678. The Morgan fingerprint density at radius 2 is 1.23 bits per heavy atom. The molecule has 5 heteroatoms. The highest BCUT2D eigenvalue weighted by Gasteiger charge is 2.28. The van der Waals surface area contributed by atoms with Crippen LogP contribution in [0.15, 0.2) is 170 Å². The fraction of sp³-hybridized carbons (Fsp3) is 0.266. The van der Waals surface area contributed by atoms with Crippen molar-refractivity contribution in [3.8, 4) is 39.6 Å². The predicted octanol–water partition coefficient (Wildman–Crippen LogP) is 17.1. The average molecular weight is 910 g/mol. The number of hydrogen-bond donors (Lipinski definition) is 0. The highest BCUT2D eigenvalue weighted by Crippen LogP contribution is 2.43. The second-order valence-electron chi connectivity index (χ2n) is 21.9. The lowest BCUT2D eigenvalue weighted by Crippen LogP contribution is -2.29. The minimum Gasteiger partial charge on any atom is -0.457 e. The number of fused-ring (bicyclic) bond motifs is 4. The molecule has 348 valence electrons. The van der Waals surface area contributed by atoms with Crippen LogP contribution in [0.4, 0.5) is 17.1 Å². The average Bonchev–Trinajstić information content (AvgIpc) is 3.88. The van der Waals surface area contributed by atoms with E-state index in [1.165, 1.54) is 16.7 Å². The first-order valence-electron chi connectivity index (χ1n) is 26.0. The number of aromatic nitrogens is 2. The number of nitrogens with zero attached hydrogens (tertiary/aromatic N) is 4. The Morgan fingerprint density at radius 1 is 0.551 bits per heavy atom. The molecule has 0 fully saturated rings. The highest BCUT2D eigenvalue weighted by molar-refractivity contribution is 6.09. The van der Waals surface area contributed by atoms with Crippen molar-refractivity contribution in [3.05, 3.63) is 198 Å². The van der Waals surface area contributed by atoms with Gasteiger partial charge in [0.15, 0.2) is 0 Å². The summed E-state index contributed by atoms with van der Waals surface area (Å²) in [7, 11) is 0. The largest absolute Gasteiger partial charge is 0.457 e. The summed E-state index contributed by atoms with van der Waals surface area (Å²) < 4.78 is 34.9. The molecule has 0 bridgehead atoms. The summed E-state index contributed by atoms with van der Waals surface area (Å²) in [5.41, 5.74) is 14.8. The molecule has 69 heavy (non-hydrogen) atoms. The summed E-state index contributed by atoms with van der Waals surface area (Å²) in [6, 6.07) is 57.5. The fourth-order valence-electron chi connectivity index (χ4n) is 9.91. The van der Waals surface area contributed by atoms with Crippen LogP contribution in [0.1, 0.15) is 101 Å². The molecule has 0 spiro atoms. The molecule has 10 rings (SSSR count). The molecule has 0 radical (unpaired) electrons. The number of para-hydroxylation sites is 3. The zero-order valence-electron chi connectivity index (χ0n) is 44.7. The van der Waals surface area contributed by atoms with Gasteiger partial charge >= 0.3 is 0 Å². The summed E-state index contributed by atoms with van der Waals surface area (Å²) in [4.78, 5) is 9.68. The van der Waals surface area contributed by atoms with Crippen molar-refractivity contribution >= 4 is 38.9 Å². The van der Waals surface area contributed by atoms with E-state index in [1.54, 1.807) is 6.07 Å². The number of pyridine rings is 1. The number of benzene rings is 7. The van der Waals surface area contributed by atoms with Gasteiger partial charge in [-0.25, -0.2) is 4.98 Å². The molecule has 0 N–H and O–H groups in total. The molecule has 0 unspecified atom stereocenters. The van der Waals surface area contributed by atoms with E-state index in [-0.39, 0.29) is 16.2 Å². The van der Waals surface area contributed by atoms with Gasteiger partial charge in [0.2, 0.25) is 0 Å². The number of hydrogen-bond acceptors (Lipinski definition) is 4. The maximum Gasteiger partial charge on any atom is 0.138 e. The molecule has 7 aromatic carbocycles. The lowest BCUT2D eigenvalue weighted by Gasteiger charge is -2.27. The van der Waals surface area contributed by atoms with E-state index in [2.05, 4.69) is 222 Å².